The van der Waals surface area contributed by atoms with Gasteiger partial charge in [0, 0.05) is 35.9 Å². The number of thiazole rings is 1. The second-order valence-electron chi connectivity index (χ2n) is 4.33. The number of hydrogen-bond donors (Lipinski definition) is 2. The fourth-order valence-electron chi connectivity index (χ4n) is 2.08. The summed E-state index contributed by atoms with van der Waals surface area (Å²) < 4.78 is 0. The number of H-pyrrole nitrogens is 1. The number of nitrogens with one attached hydrogen (secondary N) is 2. The summed E-state index contributed by atoms with van der Waals surface area (Å²) in [5.41, 5.74) is 2.52. The standard InChI is InChI=1S/C14H15N3S/c1-10-7-17-13(18-10)9-15-8-12-4-2-3-11-5-6-16-14(11)12/h2-7,15-16H,8-9H2,1H3. The summed E-state index contributed by atoms with van der Waals surface area (Å²) in [7, 11) is 0. The third kappa shape index (κ3) is 2.30. The summed E-state index contributed by atoms with van der Waals surface area (Å²) in [6.07, 6.45) is 3.91. The lowest BCUT2D eigenvalue weighted by Crippen LogP contribution is -2.12. The van der Waals surface area contributed by atoms with Gasteiger partial charge in [-0.1, -0.05) is 18.2 Å². The molecule has 0 amide bonds. The van der Waals surface area contributed by atoms with E-state index < -0.39 is 0 Å². The van der Waals surface area contributed by atoms with E-state index in [1.54, 1.807) is 11.3 Å². The zero-order valence-electron chi connectivity index (χ0n) is 10.2. The van der Waals surface area contributed by atoms with Crippen LogP contribution in [0.2, 0.25) is 0 Å². The zero-order valence-corrected chi connectivity index (χ0v) is 11.1. The lowest BCUT2D eigenvalue weighted by Gasteiger charge is -2.04. The molecule has 18 heavy (non-hydrogen) atoms. The molecule has 0 bridgehead atoms. The van der Waals surface area contributed by atoms with Crippen molar-refractivity contribution in [1.82, 2.24) is 15.3 Å². The molecule has 4 heteroatoms. The molecule has 92 valence electrons. The molecular formula is C14H15N3S. The maximum atomic E-state index is 4.35. The van der Waals surface area contributed by atoms with Gasteiger partial charge in [0.05, 0.1) is 0 Å². The third-order valence-electron chi connectivity index (χ3n) is 2.93. The smallest absolute Gasteiger partial charge is 0.107 e. The number of nitrogens with zero attached hydrogens (tertiary/aromatic N) is 1. The van der Waals surface area contributed by atoms with Gasteiger partial charge in [-0.2, -0.15) is 0 Å². The van der Waals surface area contributed by atoms with Crippen LogP contribution in [-0.4, -0.2) is 9.97 Å². The van der Waals surface area contributed by atoms with Gasteiger partial charge in [0.1, 0.15) is 5.01 Å². The van der Waals surface area contributed by atoms with Gasteiger partial charge < -0.3 is 10.3 Å². The Morgan fingerprint density at radius 2 is 2.22 bits per heavy atom. The number of aromatic nitrogens is 2. The number of aryl methyl sites for hydroxylation is 1. The first-order chi connectivity index (χ1) is 8.83. The van der Waals surface area contributed by atoms with Crippen LogP contribution in [-0.2, 0) is 13.1 Å². The van der Waals surface area contributed by atoms with Crippen LogP contribution in [0.25, 0.3) is 10.9 Å². The molecule has 0 fully saturated rings. The molecule has 0 atom stereocenters. The quantitative estimate of drug-likeness (QED) is 0.753. The normalized spacial score (nSPS) is 11.2. The van der Waals surface area contributed by atoms with E-state index in [1.165, 1.54) is 21.3 Å². The van der Waals surface area contributed by atoms with Crippen LogP contribution in [0.15, 0.2) is 36.7 Å². The minimum atomic E-state index is 0.829. The van der Waals surface area contributed by atoms with E-state index in [-0.39, 0.29) is 0 Å². The molecule has 1 aromatic carbocycles. The monoisotopic (exact) mass is 257 g/mol. The predicted octanol–water partition coefficient (Wildman–Crippen LogP) is 3.22. The van der Waals surface area contributed by atoms with E-state index in [0.29, 0.717) is 0 Å². The van der Waals surface area contributed by atoms with Crippen LogP contribution < -0.4 is 5.32 Å². The topological polar surface area (TPSA) is 40.7 Å². The van der Waals surface area contributed by atoms with E-state index in [0.717, 1.165) is 18.1 Å². The first kappa shape index (κ1) is 11.4. The minimum Gasteiger partial charge on any atom is -0.361 e. The number of hydrogen-bond acceptors (Lipinski definition) is 3. The van der Waals surface area contributed by atoms with Crippen LogP contribution in [0.3, 0.4) is 0 Å². The van der Waals surface area contributed by atoms with Crippen LogP contribution in [0.4, 0.5) is 0 Å². The SMILES string of the molecule is Cc1cnc(CNCc2cccc3cc[nH]c23)s1. The summed E-state index contributed by atoms with van der Waals surface area (Å²) in [5.74, 6) is 0. The average Bonchev–Trinajstić information content (AvgIpc) is 2.98. The summed E-state index contributed by atoms with van der Waals surface area (Å²) in [6.45, 7) is 3.77. The number of rotatable bonds is 4. The fourth-order valence-corrected chi connectivity index (χ4v) is 2.84. The van der Waals surface area contributed by atoms with Crippen molar-refractivity contribution in [3.8, 4) is 0 Å². The van der Waals surface area contributed by atoms with Gasteiger partial charge in [-0.15, -0.1) is 11.3 Å². The summed E-state index contributed by atoms with van der Waals surface area (Å²) in [5, 5.41) is 5.85. The molecular weight excluding hydrogens is 242 g/mol. The Morgan fingerprint density at radius 1 is 1.28 bits per heavy atom. The maximum Gasteiger partial charge on any atom is 0.107 e. The molecule has 2 heterocycles. The molecule has 3 nitrogen and oxygen atoms in total. The summed E-state index contributed by atoms with van der Waals surface area (Å²) in [6, 6.07) is 8.47. The van der Waals surface area contributed by atoms with Crippen LogP contribution in [0, 0.1) is 6.92 Å². The fraction of sp³-hybridized carbons (Fsp3) is 0.214. The molecule has 0 unspecified atom stereocenters. The van der Waals surface area contributed by atoms with Crippen LogP contribution in [0.5, 0.6) is 0 Å². The minimum absolute atomic E-state index is 0.829. The number of fused-ring (bicyclic) bond motifs is 1. The Hall–Kier alpha value is -1.65. The van der Waals surface area contributed by atoms with Crippen molar-refractivity contribution in [3.05, 3.63) is 52.1 Å². The second-order valence-corrected chi connectivity index (χ2v) is 5.65. The Balaban J connectivity index is 1.68. The summed E-state index contributed by atoms with van der Waals surface area (Å²) in [4.78, 5) is 8.90. The van der Waals surface area contributed by atoms with Crippen molar-refractivity contribution in [1.29, 1.82) is 0 Å². The van der Waals surface area contributed by atoms with E-state index in [9.17, 15) is 0 Å². The highest BCUT2D eigenvalue weighted by atomic mass is 32.1. The summed E-state index contributed by atoms with van der Waals surface area (Å²) >= 11 is 1.75. The highest BCUT2D eigenvalue weighted by Crippen LogP contribution is 2.17. The Labute approximate surface area is 110 Å². The van der Waals surface area contributed by atoms with Crippen molar-refractivity contribution in [2.45, 2.75) is 20.0 Å². The lowest BCUT2D eigenvalue weighted by atomic mass is 10.1. The van der Waals surface area contributed by atoms with Crippen LogP contribution in [0.1, 0.15) is 15.4 Å². The van der Waals surface area contributed by atoms with Gasteiger partial charge in [0.25, 0.3) is 0 Å². The Kier molecular flexibility index (Phi) is 3.13. The van der Waals surface area contributed by atoms with Crippen LogP contribution >= 0.6 is 11.3 Å². The molecule has 0 aliphatic rings. The van der Waals surface area contributed by atoms with Gasteiger partial charge in [0.15, 0.2) is 0 Å². The van der Waals surface area contributed by atoms with Gasteiger partial charge in [0.2, 0.25) is 0 Å². The van der Waals surface area contributed by atoms with Crippen molar-refractivity contribution in [2.24, 2.45) is 0 Å². The van der Waals surface area contributed by atoms with Gasteiger partial charge >= 0.3 is 0 Å². The van der Waals surface area contributed by atoms with Crippen molar-refractivity contribution >= 4 is 22.2 Å². The molecule has 0 aliphatic carbocycles. The number of benzene rings is 1. The molecule has 0 saturated heterocycles. The zero-order chi connectivity index (χ0) is 12.4. The van der Waals surface area contributed by atoms with Crippen molar-refractivity contribution in [2.75, 3.05) is 0 Å². The van der Waals surface area contributed by atoms with Crippen molar-refractivity contribution < 1.29 is 0 Å². The molecule has 0 aliphatic heterocycles. The van der Waals surface area contributed by atoms with Gasteiger partial charge in [-0.3, -0.25) is 0 Å². The number of para-hydroxylation sites is 1. The largest absolute Gasteiger partial charge is 0.361 e. The first-order valence-electron chi connectivity index (χ1n) is 6.00. The molecule has 0 radical (unpaired) electrons. The average molecular weight is 257 g/mol. The highest BCUT2D eigenvalue weighted by Gasteiger charge is 2.02. The predicted molar refractivity (Wildman–Crippen MR) is 75.7 cm³/mol. The lowest BCUT2D eigenvalue weighted by molar-refractivity contribution is 0.692. The molecule has 3 aromatic rings. The molecule has 2 N–H and O–H groups in total. The molecule has 0 spiro atoms. The third-order valence-corrected chi connectivity index (χ3v) is 3.85. The first-order valence-corrected chi connectivity index (χ1v) is 6.81. The molecule has 3 rings (SSSR count). The number of aromatic amines is 1. The molecule has 0 saturated carbocycles. The maximum absolute atomic E-state index is 4.35. The highest BCUT2D eigenvalue weighted by molar-refractivity contribution is 7.11. The Bertz CT molecular complexity index is 654. The second kappa shape index (κ2) is 4.92. The van der Waals surface area contributed by atoms with E-state index in [2.05, 4.69) is 46.5 Å². The van der Waals surface area contributed by atoms with Gasteiger partial charge in [-0.25, -0.2) is 4.98 Å². The Morgan fingerprint density at radius 3 is 3.06 bits per heavy atom. The van der Waals surface area contributed by atoms with Crippen molar-refractivity contribution in [3.63, 3.8) is 0 Å². The molecule has 2 aromatic heterocycles. The van der Waals surface area contributed by atoms with Gasteiger partial charge in [-0.05, 0) is 23.9 Å². The van der Waals surface area contributed by atoms with E-state index >= 15 is 0 Å². The van der Waals surface area contributed by atoms with E-state index in [1.807, 2.05) is 12.4 Å². The van der Waals surface area contributed by atoms with E-state index in [4.69, 9.17) is 0 Å².